The smallest absolute Gasteiger partial charge is 0.271 e. The number of nitrogens with zero attached hydrogens (tertiary/aromatic N) is 1. The second-order valence-electron chi connectivity index (χ2n) is 7.36. The summed E-state index contributed by atoms with van der Waals surface area (Å²) in [7, 11) is -7.48. The van der Waals surface area contributed by atoms with Gasteiger partial charge in [0.15, 0.2) is 5.58 Å². The molecule has 0 fully saturated rings. The summed E-state index contributed by atoms with van der Waals surface area (Å²) in [6.45, 7) is 0. The number of hydrogen-bond acceptors (Lipinski definition) is 7. The summed E-state index contributed by atoms with van der Waals surface area (Å²) in [6.07, 6.45) is 0. The highest BCUT2D eigenvalue weighted by molar-refractivity contribution is 7.94. The van der Waals surface area contributed by atoms with Gasteiger partial charge in [-0.3, -0.25) is 9.44 Å². The fraction of sp³-hybridized carbons (Fsp3) is 0. The van der Waals surface area contributed by atoms with Crippen LogP contribution in [0, 0.1) is 0 Å². The predicted octanol–water partition coefficient (Wildman–Crippen LogP) is 5.81. The molecule has 5 aromatic rings. The van der Waals surface area contributed by atoms with Gasteiger partial charge in [-0.15, -0.1) is 11.3 Å². The third kappa shape index (κ3) is 5.03. The molecule has 0 bridgehead atoms. The van der Waals surface area contributed by atoms with Crippen LogP contribution < -0.4 is 9.44 Å². The highest BCUT2D eigenvalue weighted by Gasteiger charge is 2.18. The zero-order chi connectivity index (χ0) is 24.6. The fourth-order valence-electron chi connectivity index (χ4n) is 3.26. The van der Waals surface area contributed by atoms with Crippen molar-refractivity contribution < 1.29 is 21.3 Å². The standard InChI is InChI=1S/C23H16ClN3O5S3/c24-21-12-13-22(33-21)35(30,31)27-17-10-11-20-19(14-17)25-23(32-20)15-6-8-16(9-7-15)26-34(28,29)18-4-2-1-3-5-18/h1-14,26-27H. The van der Waals surface area contributed by atoms with Gasteiger partial charge in [-0.2, -0.15) is 0 Å². The van der Waals surface area contributed by atoms with E-state index in [1.54, 1.807) is 60.7 Å². The van der Waals surface area contributed by atoms with Crippen LogP contribution in [0.3, 0.4) is 0 Å². The minimum Gasteiger partial charge on any atom is -0.436 e. The Morgan fingerprint density at radius 2 is 1.46 bits per heavy atom. The molecule has 3 aromatic carbocycles. The van der Waals surface area contributed by atoms with Crippen LogP contribution in [0.15, 0.2) is 98.5 Å². The summed E-state index contributed by atoms with van der Waals surface area (Å²) in [4.78, 5) is 4.61. The monoisotopic (exact) mass is 545 g/mol. The maximum absolute atomic E-state index is 12.5. The molecule has 0 saturated heterocycles. The van der Waals surface area contributed by atoms with Crippen LogP contribution in [-0.2, 0) is 20.0 Å². The zero-order valence-electron chi connectivity index (χ0n) is 17.7. The lowest BCUT2D eigenvalue weighted by Crippen LogP contribution is -2.12. The molecule has 5 rings (SSSR count). The third-order valence-electron chi connectivity index (χ3n) is 4.89. The van der Waals surface area contributed by atoms with E-state index in [0.717, 1.165) is 11.3 Å². The first-order chi connectivity index (χ1) is 16.7. The fourth-order valence-corrected chi connectivity index (χ4v) is 6.87. The number of sulfonamides is 2. The number of oxazole rings is 1. The van der Waals surface area contributed by atoms with E-state index in [2.05, 4.69) is 14.4 Å². The molecule has 0 atom stereocenters. The number of fused-ring (bicyclic) bond motifs is 1. The first-order valence-corrected chi connectivity index (χ1v) is 14.2. The molecular weight excluding hydrogens is 530 g/mol. The average Bonchev–Trinajstić information content (AvgIpc) is 3.46. The highest BCUT2D eigenvalue weighted by atomic mass is 35.5. The Morgan fingerprint density at radius 1 is 0.771 bits per heavy atom. The Bertz CT molecular complexity index is 1730. The van der Waals surface area contributed by atoms with Gasteiger partial charge in [0.05, 0.1) is 14.9 Å². The Hall–Kier alpha value is -3.38. The van der Waals surface area contributed by atoms with E-state index in [1.165, 1.54) is 24.3 Å². The summed E-state index contributed by atoms with van der Waals surface area (Å²) in [5.41, 5.74) is 2.26. The summed E-state index contributed by atoms with van der Waals surface area (Å²) < 4.78 is 61.4. The second kappa shape index (κ2) is 9.00. The van der Waals surface area contributed by atoms with E-state index in [0.29, 0.717) is 38.3 Å². The number of halogens is 1. The van der Waals surface area contributed by atoms with E-state index in [1.807, 2.05) is 0 Å². The first kappa shape index (κ1) is 23.4. The quantitative estimate of drug-likeness (QED) is 0.266. The van der Waals surface area contributed by atoms with Crippen molar-refractivity contribution in [2.24, 2.45) is 0 Å². The van der Waals surface area contributed by atoms with Gasteiger partial charge < -0.3 is 4.42 Å². The molecule has 0 spiro atoms. The number of rotatable bonds is 7. The molecule has 35 heavy (non-hydrogen) atoms. The molecule has 0 aliphatic heterocycles. The van der Waals surface area contributed by atoms with Crippen LogP contribution in [0.25, 0.3) is 22.6 Å². The molecule has 0 amide bonds. The van der Waals surface area contributed by atoms with Gasteiger partial charge in [0.2, 0.25) is 5.89 Å². The number of anilines is 2. The number of benzene rings is 3. The van der Waals surface area contributed by atoms with Crippen LogP contribution in [-0.4, -0.2) is 21.8 Å². The largest absolute Gasteiger partial charge is 0.436 e. The van der Waals surface area contributed by atoms with Crippen molar-refractivity contribution in [2.75, 3.05) is 9.44 Å². The number of thiophene rings is 1. The van der Waals surface area contributed by atoms with Crippen molar-refractivity contribution in [3.05, 3.63) is 89.3 Å². The van der Waals surface area contributed by atoms with E-state index in [9.17, 15) is 16.8 Å². The molecule has 8 nitrogen and oxygen atoms in total. The van der Waals surface area contributed by atoms with Crippen molar-refractivity contribution >= 4 is 65.5 Å². The van der Waals surface area contributed by atoms with E-state index < -0.39 is 20.0 Å². The van der Waals surface area contributed by atoms with Gasteiger partial charge in [-0.1, -0.05) is 29.8 Å². The lowest BCUT2D eigenvalue weighted by atomic mass is 10.2. The molecule has 0 unspecified atom stereocenters. The SMILES string of the molecule is O=S(=O)(Nc1ccc(-c2nc3cc(NS(=O)(=O)c4ccc(Cl)s4)ccc3o2)cc1)c1ccccc1. The van der Waals surface area contributed by atoms with E-state index >= 15 is 0 Å². The first-order valence-electron chi connectivity index (χ1n) is 10.1. The number of nitrogens with one attached hydrogen (secondary N) is 2. The molecule has 0 radical (unpaired) electrons. The predicted molar refractivity (Wildman–Crippen MR) is 137 cm³/mol. The average molecular weight is 546 g/mol. The summed E-state index contributed by atoms with van der Waals surface area (Å²) in [6, 6.07) is 22.4. The Morgan fingerprint density at radius 3 is 2.14 bits per heavy atom. The van der Waals surface area contributed by atoms with Crippen molar-refractivity contribution in [3.8, 4) is 11.5 Å². The molecule has 12 heteroatoms. The summed E-state index contributed by atoms with van der Waals surface area (Å²) in [5, 5.41) is 0. The minimum absolute atomic E-state index is 0.103. The van der Waals surface area contributed by atoms with Crippen LogP contribution in [0.5, 0.6) is 0 Å². The normalized spacial score (nSPS) is 12.0. The lowest BCUT2D eigenvalue weighted by molar-refractivity contribution is 0.600. The minimum atomic E-state index is -3.78. The molecule has 0 saturated carbocycles. The van der Waals surface area contributed by atoms with Crippen molar-refractivity contribution in [3.63, 3.8) is 0 Å². The zero-order valence-corrected chi connectivity index (χ0v) is 20.9. The van der Waals surface area contributed by atoms with Crippen LogP contribution in [0.4, 0.5) is 11.4 Å². The maximum Gasteiger partial charge on any atom is 0.271 e. The highest BCUT2D eigenvalue weighted by Crippen LogP contribution is 2.30. The molecular formula is C23H16ClN3O5S3. The van der Waals surface area contributed by atoms with E-state index in [4.69, 9.17) is 16.0 Å². The number of hydrogen-bond donors (Lipinski definition) is 2. The molecule has 2 heterocycles. The van der Waals surface area contributed by atoms with Crippen LogP contribution in [0.1, 0.15) is 0 Å². The Kier molecular flexibility index (Phi) is 6.01. The molecule has 2 N–H and O–H groups in total. The van der Waals surface area contributed by atoms with Gasteiger partial charge in [0.1, 0.15) is 9.73 Å². The van der Waals surface area contributed by atoms with Crippen molar-refractivity contribution in [2.45, 2.75) is 9.10 Å². The summed E-state index contributed by atoms with van der Waals surface area (Å²) in [5.74, 6) is 0.308. The van der Waals surface area contributed by atoms with Gasteiger partial charge in [-0.25, -0.2) is 21.8 Å². The Labute approximate surface area is 210 Å². The third-order valence-corrected chi connectivity index (χ3v) is 9.39. The number of aromatic nitrogens is 1. The van der Waals surface area contributed by atoms with Crippen LogP contribution in [0.2, 0.25) is 4.34 Å². The molecule has 0 aliphatic rings. The molecule has 0 aliphatic carbocycles. The molecule has 2 aromatic heterocycles. The van der Waals surface area contributed by atoms with Crippen molar-refractivity contribution in [1.82, 2.24) is 4.98 Å². The second-order valence-corrected chi connectivity index (χ2v) is 12.7. The lowest BCUT2D eigenvalue weighted by Gasteiger charge is -2.08. The molecule has 178 valence electrons. The van der Waals surface area contributed by atoms with Gasteiger partial charge in [-0.05, 0) is 66.7 Å². The maximum atomic E-state index is 12.5. The van der Waals surface area contributed by atoms with Crippen LogP contribution >= 0.6 is 22.9 Å². The van der Waals surface area contributed by atoms with Crippen molar-refractivity contribution in [1.29, 1.82) is 0 Å². The van der Waals surface area contributed by atoms with Gasteiger partial charge in [0, 0.05) is 11.3 Å². The van der Waals surface area contributed by atoms with Gasteiger partial charge in [0.25, 0.3) is 20.0 Å². The van der Waals surface area contributed by atoms with E-state index in [-0.39, 0.29) is 9.10 Å². The Balaban J connectivity index is 1.36. The van der Waals surface area contributed by atoms with Gasteiger partial charge >= 0.3 is 0 Å². The summed E-state index contributed by atoms with van der Waals surface area (Å²) >= 11 is 6.81. The topological polar surface area (TPSA) is 118 Å².